The fourth-order valence-electron chi connectivity index (χ4n) is 1.66. The molecule has 1 heterocycles. The van der Waals surface area contributed by atoms with Crippen molar-refractivity contribution in [2.24, 2.45) is 0 Å². The number of nitrogens with zero attached hydrogens (tertiary/aromatic N) is 1. The van der Waals surface area contributed by atoms with Crippen LogP contribution in [0.2, 0.25) is 0 Å². The second-order valence-corrected chi connectivity index (χ2v) is 7.62. The number of anilines is 2. The molecule has 1 amide bonds. The maximum Gasteiger partial charge on any atom is 0.261 e. The van der Waals surface area contributed by atoms with E-state index in [4.69, 9.17) is 0 Å². The molecule has 0 radical (unpaired) electrons. The van der Waals surface area contributed by atoms with E-state index in [0.29, 0.717) is 20.6 Å². The summed E-state index contributed by atoms with van der Waals surface area (Å²) in [5, 5.41) is 2.57. The highest BCUT2D eigenvalue weighted by atomic mass is 79.9. The molecule has 0 fully saturated rings. The lowest BCUT2D eigenvalue weighted by Gasteiger charge is -2.09. The average molecular weight is 449 g/mol. The first-order valence-corrected chi connectivity index (χ1v) is 9.07. The van der Waals surface area contributed by atoms with Crippen molar-refractivity contribution in [3.05, 3.63) is 45.6 Å². The van der Waals surface area contributed by atoms with Crippen molar-refractivity contribution in [1.82, 2.24) is 4.98 Å². The number of amides is 1. The first-order valence-electron chi connectivity index (χ1n) is 6.00. The van der Waals surface area contributed by atoms with E-state index in [1.807, 2.05) is 0 Å². The van der Waals surface area contributed by atoms with Crippen LogP contribution >= 0.6 is 31.9 Å². The van der Waals surface area contributed by atoms with E-state index in [-0.39, 0.29) is 10.8 Å². The highest BCUT2D eigenvalue weighted by molar-refractivity contribution is 9.11. The predicted octanol–water partition coefficient (Wildman–Crippen LogP) is 3.37. The Morgan fingerprint density at radius 2 is 1.59 bits per heavy atom. The summed E-state index contributed by atoms with van der Waals surface area (Å²) >= 11 is 6.39. The van der Waals surface area contributed by atoms with Crippen LogP contribution in [0, 0.1) is 0 Å². The zero-order valence-corrected chi connectivity index (χ0v) is 15.3. The Hall–Kier alpha value is -1.45. The summed E-state index contributed by atoms with van der Waals surface area (Å²) < 4.78 is 28.1. The summed E-state index contributed by atoms with van der Waals surface area (Å²) in [6, 6.07) is 8.97. The van der Waals surface area contributed by atoms with Gasteiger partial charge < -0.3 is 5.32 Å². The second kappa shape index (κ2) is 6.76. The number of carbonyl (C=O) groups is 1. The highest BCUT2D eigenvalue weighted by Crippen LogP contribution is 2.23. The van der Waals surface area contributed by atoms with Gasteiger partial charge in [-0.25, -0.2) is 13.4 Å². The van der Waals surface area contributed by atoms with Crippen LogP contribution in [-0.4, -0.2) is 19.3 Å². The Labute approximate surface area is 144 Å². The van der Waals surface area contributed by atoms with Gasteiger partial charge in [-0.15, -0.1) is 0 Å². The van der Waals surface area contributed by atoms with Crippen LogP contribution in [-0.2, 0) is 14.8 Å². The molecule has 6 nitrogen and oxygen atoms in total. The number of halogens is 2. The topological polar surface area (TPSA) is 88.2 Å². The minimum absolute atomic E-state index is 0.0886. The molecule has 0 aliphatic rings. The van der Waals surface area contributed by atoms with Gasteiger partial charge in [-0.2, -0.15) is 0 Å². The fraction of sp³-hybridized carbons (Fsp3) is 0.0769. The zero-order valence-electron chi connectivity index (χ0n) is 11.3. The number of carbonyl (C=O) groups excluding carboxylic acids is 1. The minimum Gasteiger partial charge on any atom is -0.326 e. The standard InChI is InChI=1S/C13H11Br2N3O3S/c1-8(19)16-9-2-4-11(5-3-9)22(20,21)18-10-6-12(14)17-13(15)7-10/h2-7H,1H3,(H,16,19)(H,17,18). The van der Waals surface area contributed by atoms with Gasteiger partial charge in [0.25, 0.3) is 10.0 Å². The molecule has 0 aliphatic carbocycles. The van der Waals surface area contributed by atoms with Gasteiger partial charge >= 0.3 is 0 Å². The molecule has 1 aromatic heterocycles. The minimum atomic E-state index is -3.72. The summed E-state index contributed by atoms with van der Waals surface area (Å²) in [5.74, 6) is -0.222. The summed E-state index contributed by atoms with van der Waals surface area (Å²) in [7, 11) is -3.72. The number of pyridine rings is 1. The van der Waals surface area contributed by atoms with Crippen molar-refractivity contribution in [3.8, 4) is 0 Å². The SMILES string of the molecule is CC(=O)Nc1ccc(S(=O)(=O)Nc2cc(Br)nc(Br)c2)cc1. The number of nitrogens with one attached hydrogen (secondary N) is 2. The van der Waals surface area contributed by atoms with Crippen molar-refractivity contribution < 1.29 is 13.2 Å². The monoisotopic (exact) mass is 447 g/mol. The van der Waals surface area contributed by atoms with E-state index in [9.17, 15) is 13.2 Å². The second-order valence-electron chi connectivity index (χ2n) is 4.31. The third-order valence-corrected chi connectivity index (χ3v) is 4.71. The van der Waals surface area contributed by atoms with Crippen LogP contribution < -0.4 is 10.0 Å². The maximum absolute atomic E-state index is 12.3. The Balaban J connectivity index is 2.24. The molecule has 2 N–H and O–H groups in total. The normalized spacial score (nSPS) is 11.0. The van der Waals surface area contributed by atoms with Crippen molar-refractivity contribution >= 4 is 59.2 Å². The first-order chi connectivity index (χ1) is 10.3. The van der Waals surface area contributed by atoms with Gasteiger partial charge in [-0.1, -0.05) is 0 Å². The third-order valence-electron chi connectivity index (χ3n) is 2.50. The number of aromatic nitrogens is 1. The van der Waals surface area contributed by atoms with Crippen molar-refractivity contribution in [3.63, 3.8) is 0 Å². The molecular formula is C13H11Br2N3O3S. The molecule has 0 bridgehead atoms. The molecule has 1 aromatic carbocycles. The smallest absolute Gasteiger partial charge is 0.261 e. The van der Waals surface area contributed by atoms with E-state index >= 15 is 0 Å². The number of benzene rings is 1. The quantitative estimate of drug-likeness (QED) is 0.702. The molecule has 0 aliphatic heterocycles. The number of rotatable bonds is 4. The van der Waals surface area contributed by atoms with Gasteiger partial charge in [-0.3, -0.25) is 9.52 Å². The summed E-state index contributed by atoms with van der Waals surface area (Å²) in [6.45, 7) is 1.38. The van der Waals surface area contributed by atoms with Gasteiger partial charge in [0, 0.05) is 12.6 Å². The van der Waals surface area contributed by atoms with E-state index in [2.05, 4.69) is 46.9 Å². The molecule has 2 rings (SSSR count). The van der Waals surface area contributed by atoms with Crippen LogP contribution in [0.3, 0.4) is 0 Å². The van der Waals surface area contributed by atoms with Crippen molar-refractivity contribution in [2.45, 2.75) is 11.8 Å². The largest absolute Gasteiger partial charge is 0.326 e. The summed E-state index contributed by atoms with van der Waals surface area (Å²) in [6.07, 6.45) is 0. The van der Waals surface area contributed by atoms with Gasteiger partial charge in [0.05, 0.1) is 10.6 Å². The number of sulfonamides is 1. The molecule has 0 atom stereocenters. The number of hydrogen-bond donors (Lipinski definition) is 2. The summed E-state index contributed by atoms with van der Waals surface area (Å²) in [5.41, 5.74) is 0.903. The lowest BCUT2D eigenvalue weighted by atomic mass is 10.3. The Morgan fingerprint density at radius 1 is 1.05 bits per heavy atom. The van der Waals surface area contributed by atoms with Crippen LogP contribution in [0.25, 0.3) is 0 Å². The molecule has 0 saturated carbocycles. The van der Waals surface area contributed by atoms with E-state index in [1.165, 1.54) is 31.2 Å². The van der Waals surface area contributed by atoms with E-state index < -0.39 is 10.0 Å². The molecule has 116 valence electrons. The zero-order chi connectivity index (χ0) is 16.3. The van der Waals surface area contributed by atoms with Crippen LogP contribution in [0.15, 0.2) is 50.5 Å². The van der Waals surface area contributed by atoms with Gasteiger partial charge in [0.2, 0.25) is 5.91 Å². The fourth-order valence-corrected chi connectivity index (χ4v) is 3.81. The lowest BCUT2D eigenvalue weighted by Crippen LogP contribution is -2.13. The molecule has 0 unspecified atom stereocenters. The number of hydrogen-bond acceptors (Lipinski definition) is 4. The molecule has 0 spiro atoms. The summed E-state index contributed by atoms with van der Waals surface area (Å²) in [4.78, 5) is 15.1. The Bertz CT molecular complexity index is 788. The first kappa shape index (κ1) is 16.9. The molecular weight excluding hydrogens is 438 g/mol. The van der Waals surface area contributed by atoms with Crippen LogP contribution in [0.5, 0.6) is 0 Å². The molecule has 22 heavy (non-hydrogen) atoms. The van der Waals surface area contributed by atoms with Gasteiger partial charge in [0.1, 0.15) is 9.21 Å². The Kier molecular flexibility index (Phi) is 5.20. The Morgan fingerprint density at radius 3 is 2.09 bits per heavy atom. The molecule has 0 saturated heterocycles. The maximum atomic E-state index is 12.3. The molecule has 2 aromatic rings. The molecule has 9 heteroatoms. The van der Waals surface area contributed by atoms with E-state index in [1.54, 1.807) is 12.1 Å². The average Bonchev–Trinajstić information content (AvgIpc) is 2.36. The highest BCUT2D eigenvalue weighted by Gasteiger charge is 2.15. The predicted molar refractivity (Wildman–Crippen MR) is 91.2 cm³/mol. The van der Waals surface area contributed by atoms with E-state index in [0.717, 1.165) is 0 Å². The third kappa shape index (κ3) is 4.52. The van der Waals surface area contributed by atoms with Crippen molar-refractivity contribution in [2.75, 3.05) is 10.0 Å². The van der Waals surface area contributed by atoms with Gasteiger partial charge in [-0.05, 0) is 68.3 Å². The van der Waals surface area contributed by atoms with Crippen molar-refractivity contribution in [1.29, 1.82) is 0 Å². The van der Waals surface area contributed by atoms with Crippen LogP contribution in [0.1, 0.15) is 6.92 Å². The lowest BCUT2D eigenvalue weighted by molar-refractivity contribution is -0.114. The van der Waals surface area contributed by atoms with Crippen LogP contribution in [0.4, 0.5) is 11.4 Å². The van der Waals surface area contributed by atoms with Gasteiger partial charge in [0.15, 0.2) is 0 Å².